The number of ether oxygens (including phenoxy) is 1. The van der Waals surface area contributed by atoms with Crippen LogP contribution < -0.4 is 0 Å². The number of nitrogens with zero attached hydrogens (tertiary/aromatic N) is 1. The second-order valence-corrected chi connectivity index (χ2v) is 4.63. The molecule has 1 heterocycles. The molecule has 1 aliphatic heterocycles. The SMILES string of the molecule is CC1CN(Cc2cc(Cl)ccc2O)CCO1. The minimum atomic E-state index is 0.259. The third kappa shape index (κ3) is 2.88. The van der Waals surface area contributed by atoms with Gasteiger partial charge in [-0.3, -0.25) is 4.90 Å². The molecule has 1 aromatic rings. The van der Waals surface area contributed by atoms with Crippen molar-refractivity contribution < 1.29 is 9.84 Å². The lowest BCUT2D eigenvalue weighted by Crippen LogP contribution is -2.40. The van der Waals surface area contributed by atoms with Crippen molar-refractivity contribution >= 4 is 11.6 Å². The fourth-order valence-corrected chi connectivity index (χ4v) is 2.15. The first kappa shape index (κ1) is 11.7. The maximum absolute atomic E-state index is 9.71. The smallest absolute Gasteiger partial charge is 0.120 e. The molecule has 2 rings (SSSR count). The summed E-state index contributed by atoms with van der Waals surface area (Å²) in [6, 6.07) is 5.15. The highest BCUT2D eigenvalue weighted by atomic mass is 35.5. The Morgan fingerprint density at radius 2 is 2.38 bits per heavy atom. The Bertz CT molecular complexity index is 370. The molecule has 0 radical (unpaired) electrons. The maximum Gasteiger partial charge on any atom is 0.120 e. The predicted molar refractivity (Wildman–Crippen MR) is 63.8 cm³/mol. The summed E-state index contributed by atoms with van der Waals surface area (Å²) in [5.74, 6) is 0.309. The van der Waals surface area contributed by atoms with Crippen LogP contribution in [0.2, 0.25) is 5.02 Å². The van der Waals surface area contributed by atoms with Crippen molar-refractivity contribution in [1.29, 1.82) is 0 Å². The van der Waals surface area contributed by atoms with Crippen LogP contribution in [0.4, 0.5) is 0 Å². The minimum Gasteiger partial charge on any atom is -0.508 e. The molecule has 0 aromatic heterocycles. The summed E-state index contributed by atoms with van der Waals surface area (Å²) in [5.41, 5.74) is 0.876. The van der Waals surface area contributed by atoms with E-state index in [-0.39, 0.29) is 6.10 Å². The zero-order chi connectivity index (χ0) is 11.5. The quantitative estimate of drug-likeness (QED) is 0.862. The fraction of sp³-hybridized carbons (Fsp3) is 0.500. The summed E-state index contributed by atoms with van der Waals surface area (Å²) in [5, 5.41) is 10.4. The molecule has 1 aromatic carbocycles. The molecule has 1 fully saturated rings. The molecule has 1 aliphatic rings. The summed E-state index contributed by atoms with van der Waals surface area (Å²) in [6.07, 6.45) is 0.259. The molecule has 1 N–H and O–H groups in total. The second-order valence-electron chi connectivity index (χ2n) is 4.19. The van der Waals surface area contributed by atoms with E-state index in [1.165, 1.54) is 0 Å². The van der Waals surface area contributed by atoms with E-state index < -0.39 is 0 Å². The molecule has 0 aliphatic carbocycles. The molecule has 1 unspecified atom stereocenters. The van der Waals surface area contributed by atoms with Gasteiger partial charge in [0.2, 0.25) is 0 Å². The Morgan fingerprint density at radius 1 is 1.56 bits per heavy atom. The summed E-state index contributed by atoms with van der Waals surface area (Å²) >= 11 is 5.91. The molecule has 0 spiro atoms. The van der Waals surface area contributed by atoms with E-state index >= 15 is 0 Å². The number of aromatic hydroxyl groups is 1. The third-order valence-electron chi connectivity index (χ3n) is 2.76. The van der Waals surface area contributed by atoms with Crippen molar-refractivity contribution in [3.63, 3.8) is 0 Å². The first-order valence-electron chi connectivity index (χ1n) is 5.46. The highest BCUT2D eigenvalue weighted by molar-refractivity contribution is 6.30. The number of hydrogen-bond acceptors (Lipinski definition) is 3. The average Bonchev–Trinajstić information content (AvgIpc) is 2.24. The molecule has 0 bridgehead atoms. The van der Waals surface area contributed by atoms with E-state index in [0.717, 1.165) is 31.8 Å². The van der Waals surface area contributed by atoms with Gasteiger partial charge in [0, 0.05) is 30.2 Å². The van der Waals surface area contributed by atoms with Gasteiger partial charge in [-0.2, -0.15) is 0 Å². The number of phenolic OH excluding ortho intramolecular Hbond substituents is 1. The van der Waals surface area contributed by atoms with Crippen LogP contribution in [0.15, 0.2) is 18.2 Å². The van der Waals surface area contributed by atoms with Crippen LogP contribution in [0.1, 0.15) is 12.5 Å². The summed E-state index contributed by atoms with van der Waals surface area (Å²) < 4.78 is 5.47. The van der Waals surface area contributed by atoms with Crippen LogP contribution in [0.5, 0.6) is 5.75 Å². The minimum absolute atomic E-state index is 0.259. The number of hydrogen-bond donors (Lipinski definition) is 1. The van der Waals surface area contributed by atoms with Gasteiger partial charge in [0.1, 0.15) is 5.75 Å². The van der Waals surface area contributed by atoms with Crippen molar-refractivity contribution in [2.75, 3.05) is 19.7 Å². The predicted octanol–water partition coefficient (Wildman–Crippen LogP) is 2.27. The van der Waals surface area contributed by atoms with Crippen molar-refractivity contribution in [2.24, 2.45) is 0 Å². The molecule has 0 saturated carbocycles. The lowest BCUT2D eigenvalue weighted by atomic mass is 10.1. The second kappa shape index (κ2) is 5.04. The van der Waals surface area contributed by atoms with E-state index in [9.17, 15) is 5.11 Å². The molecule has 1 saturated heterocycles. The third-order valence-corrected chi connectivity index (χ3v) is 3.00. The Hall–Kier alpha value is -0.770. The zero-order valence-electron chi connectivity index (χ0n) is 9.32. The molecule has 16 heavy (non-hydrogen) atoms. The monoisotopic (exact) mass is 241 g/mol. The summed E-state index contributed by atoms with van der Waals surface area (Å²) in [4.78, 5) is 2.26. The van der Waals surface area contributed by atoms with E-state index in [0.29, 0.717) is 10.8 Å². The largest absolute Gasteiger partial charge is 0.508 e. The molecule has 1 atom stereocenters. The van der Waals surface area contributed by atoms with Crippen molar-refractivity contribution in [3.05, 3.63) is 28.8 Å². The first-order chi connectivity index (χ1) is 7.65. The summed E-state index contributed by atoms with van der Waals surface area (Å²) in [7, 11) is 0. The number of rotatable bonds is 2. The molecular weight excluding hydrogens is 226 g/mol. The van der Waals surface area contributed by atoms with Crippen molar-refractivity contribution in [1.82, 2.24) is 4.90 Å². The van der Waals surface area contributed by atoms with Crippen LogP contribution in [0.25, 0.3) is 0 Å². The average molecular weight is 242 g/mol. The molecule has 4 heteroatoms. The van der Waals surface area contributed by atoms with Gasteiger partial charge in [0.05, 0.1) is 12.7 Å². The van der Waals surface area contributed by atoms with Gasteiger partial charge in [-0.25, -0.2) is 0 Å². The lowest BCUT2D eigenvalue weighted by molar-refractivity contribution is -0.0214. The van der Waals surface area contributed by atoms with Gasteiger partial charge < -0.3 is 9.84 Å². The van der Waals surface area contributed by atoms with Gasteiger partial charge in [-0.1, -0.05) is 11.6 Å². The molecule has 88 valence electrons. The zero-order valence-corrected chi connectivity index (χ0v) is 10.1. The van der Waals surface area contributed by atoms with Gasteiger partial charge >= 0.3 is 0 Å². The van der Waals surface area contributed by atoms with E-state index in [4.69, 9.17) is 16.3 Å². The van der Waals surface area contributed by atoms with E-state index in [1.807, 2.05) is 6.07 Å². The maximum atomic E-state index is 9.71. The van der Waals surface area contributed by atoms with Crippen LogP contribution in [-0.4, -0.2) is 35.8 Å². The van der Waals surface area contributed by atoms with Crippen molar-refractivity contribution in [2.45, 2.75) is 19.6 Å². The van der Waals surface area contributed by atoms with Crippen LogP contribution >= 0.6 is 11.6 Å². The highest BCUT2D eigenvalue weighted by Gasteiger charge is 2.17. The van der Waals surface area contributed by atoms with E-state index in [1.54, 1.807) is 12.1 Å². The Kier molecular flexibility index (Phi) is 3.69. The van der Waals surface area contributed by atoms with Crippen molar-refractivity contribution in [3.8, 4) is 5.75 Å². The molecule has 0 amide bonds. The Morgan fingerprint density at radius 3 is 3.12 bits per heavy atom. The van der Waals surface area contributed by atoms with Crippen LogP contribution in [0.3, 0.4) is 0 Å². The lowest BCUT2D eigenvalue weighted by Gasteiger charge is -2.31. The summed E-state index contributed by atoms with van der Waals surface area (Å²) in [6.45, 7) is 5.33. The molecular formula is C12H16ClNO2. The van der Waals surface area contributed by atoms with Crippen LogP contribution in [-0.2, 0) is 11.3 Å². The van der Waals surface area contributed by atoms with Gasteiger partial charge in [0.15, 0.2) is 0 Å². The van der Waals surface area contributed by atoms with E-state index in [2.05, 4.69) is 11.8 Å². The topological polar surface area (TPSA) is 32.7 Å². The number of benzene rings is 1. The number of phenols is 1. The van der Waals surface area contributed by atoms with Gasteiger partial charge in [-0.05, 0) is 25.1 Å². The van der Waals surface area contributed by atoms with Crippen LogP contribution in [0, 0.1) is 0 Å². The van der Waals surface area contributed by atoms with Gasteiger partial charge in [0.25, 0.3) is 0 Å². The first-order valence-corrected chi connectivity index (χ1v) is 5.84. The Labute approximate surface area is 101 Å². The Balaban J connectivity index is 2.05. The highest BCUT2D eigenvalue weighted by Crippen LogP contribution is 2.23. The number of halogens is 1. The standard InChI is InChI=1S/C12H16ClNO2/c1-9-7-14(4-5-16-9)8-10-6-11(13)2-3-12(10)15/h2-3,6,9,15H,4-5,7-8H2,1H3. The fourth-order valence-electron chi connectivity index (χ4n) is 1.96. The normalized spacial score (nSPS) is 22.2. The molecule has 3 nitrogen and oxygen atoms in total. The van der Waals surface area contributed by atoms with Gasteiger partial charge in [-0.15, -0.1) is 0 Å². The number of morpholine rings is 1.